The Bertz CT molecular complexity index is 740. The maximum absolute atomic E-state index is 12.5. The highest BCUT2D eigenvalue weighted by atomic mass is 16.3. The molecule has 25 heavy (non-hydrogen) atoms. The van der Waals surface area contributed by atoms with E-state index in [9.17, 15) is 9.59 Å². The second kappa shape index (κ2) is 6.38. The molecule has 0 unspecified atom stereocenters. The van der Waals surface area contributed by atoms with Crippen molar-refractivity contribution in [1.82, 2.24) is 19.6 Å². The number of carbonyl (C=O) groups is 2. The van der Waals surface area contributed by atoms with Gasteiger partial charge in [0.25, 0.3) is 5.91 Å². The minimum absolute atomic E-state index is 0.0617. The molecule has 7 nitrogen and oxygen atoms in total. The van der Waals surface area contributed by atoms with E-state index in [4.69, 9.17) is 4.42 Å². The number of carbonyl (C=O) groups excluding carboxylic acids is 2. The summed E-state index contributed by atoms with van der Waals surface area (Å²) in [5.74, 6) is 0.730. The molecule has 0 N–H and O–H groups in total. The van der Waals surface area contributed by atoms with Crippen molar-refractivity contribution in [3.8, 4) is 0 Å². The van der Waals surface area contributed by atoms with Crippen LogP contribution in [0.15, 0.2) is 41.3 Å². The van der Waals surface area contributed by atoms with Crippen LogP contribution in [0.3, 0.4) is 0 Å². The summed E-state index contributed by atoms with van der Waals surface area (Å²) < 4.78 is 7.12. The van der Waals surface area contributed by atoms with Crippen LogP contribution in [0.5, 0.6) is 0 Å². The first kappa shape index (κ1) is 15.9. The van der Waals surface area contributed by atoms with Crippen molar-refractivity contribution < 1.29 is 14.0 Å². The molecule has 132 valence electrons. The quantitative estimate of drug-likeness (QED) is 0.850. The lowest BCUT2D eigenvalue weighted by molar-refractivity contribution is -0.132. The zero-order valence-electron chi connectivity index (χ0n) is 14.2. The molecule has 0 spiro atoms. The lowest BCUT2D eigenvalue weighted by atomic mass is 9.92. The van der Waals surface area contributed by atoms with E-state index in [1.807, 2.05) is 26.7 Å². The van der Waals surface area contributed by atoms with Gasteiger partial charge in [0.15, 0.2) is 5.76 Å². The Morgan fingerprint density at radius 1 is 1.36 bits per heavy atom. The smallest absolute Gasteiger partial charge is 0.289 e. The molecule has 7 heteroatoms. The lowest BCUT2D eigenvalue weighted by Gasteiger charge is -2.38. The molecule has 0 bridgehead atoms. The van der Waals surface area contributed by atoms with Gasteiger partial charge in [-0.2, -0.15) is 5.10 Å². The van der Waals surface area contributed by atoms with Gasteiger partial charge < -0.3 is 14.2 Å². The van der Waals surface area contributed by atoms with E-state index in [0.717, 1.165) is 12.8 Å². The molecule has 0 saturated carbocycles. The number of fused-ring (bicyclic) bond motifs is 1. The maximum atomic E-state index is 12.5. The number of likely N-dealkylation sites (tertiary alicyclic amines) is 2. The Labute approximate surface area is 146 Å². The average molecular weight is 342 g/mol. The van der Waals surface area contributed by atoms with Crippen LogP contribution in [-0.2, 0) is 11.3 Å². The van der Waals surface area contributed by atoms with E-state index in [-0.39, 0.29) is 23.9 Å². The minimum Gasteiger partial charge on any atom is -0.459 e. The molecule has 3 atom stereocenters. The largest absolute Gasteiger partial charge is 0.459 e. The van der Waals surface area contributed by atoms with Gasteiger partial charge in [0, 0.05) is 38.4 Å². The lowest BCUT2D eigenvalue weighted by Crippen LogP contribution is -2.50. The maximum Gasteiger partial charge on any atom is 0.289 e. The van der Waals surface area contributed by atoms with Crippen LogP contribution < -0.4 is 0 Å². The van der Waals surface area contributed by atoms with E-state index in [0.29, 0.717) is 31.3 Å². The van der Waals surface area contributed by atoms with Crippen LogP contribution in [0.25, 0.3) is 0 Å². The summed E-state index contributed by atoms with van der Waals surface area (Å²) in [5, 5.41) is 4.27. The van der Waals surface area contributed by atoms with Gasteiger partial charge in [-0.1, -0.05) is 0 Å². The highest BCUT2D eigenvalue weighted by Gasteiger charge is 2.46. The van der Waals surface area contributed by atoms with E-state index in [1.165, 1.54) is 6.26 Å². The fourth-order valence-electron chi connectivity index (χ4n) is 4.37. The molecular formula is C18H22N4O3. The van der Waals surface area contributed by atoms with E-state index in [2.05, 4.69) is 5.10 Å². The van der Waals surface area contributed by atoms with Crippen LogP contribution in [-0.4, -0.2) is 56.6 Å². The van der Waals surface area contributed by atoms with Gasteiger partial charge in [0.1, 0.15) is 0 Å². The molecule has 0 aliphatic carbocycles. The molecule has 2 fully saturated rings. The van der Waals surface area contributed by atoms with Crippen molar-refractivity contribution in [2.45, 2.75) is 38.4 Å². The van der Waals surface area contributed by atoms with Gasteiger partial charge >= 0.3 is 0 Å². The highest BCUT2D eigenvalue weighted by Crippen LogP contribution is 2.36. The molecule has 2 aromatic rings. The summed E-state index contributed by atoms with van der Waals surface area (Å²) in [6.45, 7) is 3.66. The van der Waals surface area contributed by atoms with Crippen LogP contribution >= 0.6 is 0 Å². The second-order valence-corrected chi connectivity index (χ2v) is 6.89. The molecule has 2 saturated heterocycles. The first-order valence-electron chi connectivity index (χ1n) is 8.72. The van der Waals surface area contributed by atoms with Crippen molar-refractivity contribution in [3.63, 3.8) is 0 Å². The summed E-state index contributed by atoms with van der Waals surface area (Å²) in [6.07, 6.45) is 6.91. The van der Waals surface area contributed by atoms with E-state index in [1.54, 1.807) is 25.3 Å². The Kier molecular flexibility index (Phi) is 4.07. The number of furan rings is 1. The van der Waals surface area contributed by atoms with Gasteiger partial charge in [-0.15, -0.1) is 0 Å². The molecule has 2 aliphatic heterocycles. The first-order valence-corrected chi connectivity index (χ1v) is 8.72. The molecule has 2 amide bonds. The Morgan fingerprint density at radius 3 is 2.92 bits per heavy atom. The summed E-state index contributed by atoms with van der Waals surface area (Å²) in [5.41, 5.74) is 0. The molecule has 0 aromatic carbocycles. The summed E-state index contributed by atoms with van der Waals surface area (Å²) in [4.78, 5) is 28.7. The zero-order chi connectivity index (χ0) is 17.4. The Balaban J connectivity index is 1.49. The normalized spacial score (nSPS) is 25.9. The molecule has 2 aliphatic rings. The van der Waals surface area contributed by atoms with E-state index >= 15 is 0 Å². The SMILES string of the molecule is CC(=O)N1[C@@H](Cn2cccn2)C[C@@H]2CN(C(=O)c3ccco3)CC[C@@H]21. The van der Waals surface area contributed by atoms with Crippen LogP contribution in [0.1, 0.15) is 30.3 Å². The van der Waals surface area contributed by atoms with Crippen molar-refractivity contribution >= 4 is 11.8 Å². The molecule has 4 heterocycles. The van der Waals surface area contributed by atoms with Crippen molar-refractivity contribution in [1.29, 1.82) is 0 Å². The van der Waals surface area contributed by atoms with Gasteiger partial charge in [0.2, 0.25) is 5.91 Å². The van der Waals surface area contributed by atoms with Crippen molar-refractivity contribution in [2.75, 3.05) is 13.1 Å². The predicted molar refractivity (Wildman–Crippen MR) is 89.7 cm³/mol. The van der Waals surface area contributed by atoms with Gasteiger partial charge in [-0.05, 0) is 37.0 Å². The Morgan fingerprint density at radius 2 is 2.24 bits per heavy atom. The third kappa shape index (κ3) is 2.94. The third-order valence-corrected chi connectivity index (χ3v) is 5.36. The molecule has 0 radical (unpaired) electrons. The summed E-state index contributed by atoms with van der Waals surface area (Å²) >= 11 is 0. The van der Waals surface area contributed by atoms with Crippen LogP contribution in [0.2, 0.25) is 0 Å². The standard InChI is InChI=1S/C18H22N4O3/c1-13(23)22-15(12-21-7-3-6-19-21)10-14-11-20(8-5-16(14)22)18(24)17-4-2-9-25-17/h2-4,6-7,9,14-16H,5,8,10-12H2,1H3/t14-,15-,16+/m1/s1. The third-order valence-electron chi connectivity index (χ3n) is 5.36. The number of aromatic nitrogens is 2. The number of hydrogen-bond acceptors (Lipinski definition) is 4. The number of nitrogens with zero attached hydrogens (tertiary/aromatic N) is 4. The topological polar surface area (TPSA) is 71.6 Å². The fourth-order valence-corrected chi connectivity index (χ4v) is 4.37. The number of rotatable bonds is 3. The summed E-state index contributed by atoms with van der Waals surface area (Å²) in [7, 11) is 0. The van der Waals surface area contributed by atoms with Gasteiger partial charge in [-0.3, -0.25) is 14.3 Å². The van der Waals surface area contributed by atoms with Gasteiger partial charge in [-0.25, -0.2) is 0 Å². The van der Waals surface area contributed by atoms with E-state index < -0.39 is 0 Å². The summed E-state index contributed by atoms with van der Waals surface area (Å²) in [6, 6.07) is 5.66. The second-order valence-electron chi connectivity index (χ2n) is 6.89. The first-order chi connectivity index (χ1) is 12.1. The average Bonchev–Trinajstić information content (AvgIpc) is 3.34. The van der Waals surface area contributed by atoms with Crippen LogP contribution in [0, 0.1) is 5.92 Å². The highest BCUT2D eigenvalue weighted by molar-refractivity contribution is 5.91. The zero-order valence-corrected chi connectivity index (χ0v) is 14.2. The number of hydrogen-bond donors (Lipinski definition) is 0. The molecular weight excluding hydrogens is 320 g/mol. The van der Waals surface area contributed by atoms with Crippen molar-refractivity contribution in [3.05, 3.63) is 42.6 Å². The number of amides is 2. The monoisotopic (exact) mass is 342 g/mol. The Hall–Kier alpha value is -2.57. The minimum atomic E-state index is -0.0617. The van der Waals surface area contributed by atoms with Crippen LogP contribution in [0.4, 0.5) is 0 Å². The number of piperidine rings is 1. The van der Waals surface area contributed by atoms with Crippen molar-refractivity contribution in [2.24, 2.45) is 5.92 Å². The molecule has 2 aromatic heterocycles. The van der Waals surface area contributed by atoms with Gasteiger partial charge in [0.05, 0.1) is 18.8 Å². The molecule has 4 rings (SSSR count). The predicted octanol–water partition coefficient (Wildman–Crippen LogP) is 1.63. The fraction of sp³-hybridized carbons (Fsp3) is 0.500.